The fraction of sp³-hybridized carbons (Fsp3) is 0.167. The van der Waals surface area contributed by atoms with E-state index in [1.165, 1.54) is 0 Å². The predicted octanol–water partition coefficient (Wildman–Crippen LogP) is 3.14. The largest absolute Gasteiger partial charge is 0.387 e. The van der Waals surface area contributed by atoms with Gasteiger partial charge in [-0.25, -0.2) is 0 Å². The molecule has 0 fully saturated rings. The van der Waals surface area contributed by atoms with Crippen molar-refractivity contribution in [1.29, 1.82) is 0 Å². The number of hydrogen-bond acceptors (Lipinski definition) is 2. The molecule has 5 heteroatoms. The Morgan fingerprint density at radius 3 is 2.74 bits per heavy atom. The molecule has 0 radical (unpaired) electrons. The number of amides is 1. The van der Waals surface area contributed by atoms with Crippen molar-refractivity contribution in [2.45, 2.75) is 12.6 Å². The van der Waals surface area contributed by atoms with E-state index in [0.29, 0.717) is 5.02 Å². The minimum absolute atomic E-state index is 0.146. The van der Waals surface area contributed by atoms with Crippen molar-refractivity contribution in [3.63, 3.8) is 0 Å². The molecule has 1 heterocycles. The molecule has 2 aromatic carbocycles. The van der Waals surface area contributed by atoms with Crippen LogP contribution in [0.2, 0.25) is 5.02 Å². The summed E-state index contributed by atoms with van der Waals surface area (Å²) in [7, 11) is 0. The van der Waals surface area contributed by atoms with Crippen LogP contribution in [0, 0.1) is 0 Å². The Labute approximate surface area is 139 Å². The molecule has 118 valence electrons. The van der Waals surface area contributed by atoms with Gasteiger partial charge in [0.05, 0.1) is 6.10 Å². The zero-order valence-corrected chi connectivity index (χ0v) is 13.2. The first kappa shape index (κ1) is 15.6. The zero-order valence-electron chi connectivity index (χ0n) is 12.4. The van der Waals surface area contributed by atoms with Crippen molar-refractivity contribution < 1.29 is 9.90 Å². The summed E-state index contributed by atoms with van der Waals surface area (Å²) in [4.78, 5) is 12.1. The fourth-order valence-electron chi connectivity index (χ4n) is 2.52. The highest BCUT2D eigenvalue weighted by Crippen LogP contribution is 2.20. The number of rotatable bonds is 5. The molecule has 1 amide bonds. The van der Waals surface area contributed by atoms with Crippen molar-refractivity contribution in [1.82, 2.24) is 9.88 Å². The smallest absolute Gasteiger partial charge is 0.240 e. The van der Waals surface area contributed by atoms with Crippen LogP contribution in [0.3, 0.4) is 0 Å². The third-order valence-electron chi connectivity index (χ3n) is 3.72. The van der Waals surface area contributed by atoms with Crippen LogP contribution < -0.4 is 5.32 Å². The van der Waals surface area contributed by atoms with Gasteiger partial charge < -0.3 is 15.0 Å². The molecular weight excluding hydrogens is 312 g/mol. The minimum atomic E-state index is -0.708. The summed E-state index contributed by atoms with van der Waals surface area (Å²) in [5, 5.41) is 14.5. The Morgan fingerprint density at radius 2 is 1.96 bits per heavy atom. The number of carbonyl (C=O) groups excluding carboxylic acids is 1. The van der Waals surface area contributed by atoms with Gasteiger partial charge >= 0.3 is 0 Å². The van der Waals surface area contributed by atoms with E-state index in [9.17, 15) is 9.90 Å². The van der Waals surface area contributed by atoms with E-state index in [4.69, 9.17) is 11.6 Å². The topological polar surface area (TPSA) is 54.3 Å². The number of carbonyl (C=O) groups is 1. The summed E-state index contributed by atoms with van der Waals surface area (Å²) in [6.07, 6.45) is 1.15. The number of nitrogens with zero attached hydrogens (tertiary/aromatic N) is 1. The third-order valence-corrected chi connectivity index (χ3v) is 3.96. The van der Waals surface area contributed by atoms with E-state index < -0.39 is 6.10 Å². The van der Waals surface area contributed by atoms with Crippen molar-refractivity contribution >= 4 is 28.4 Å². The van der Waals surface area contributed by atoms with Crippen LogP contribution in [0.1, 0.15) is 11.7 Å². The average molecular weight is 329 g/mol. The number of fused-ring (bicyclic) bond motifs is 1. The lowest BCUT2D eigenvalue weighted by Crippen LogP contribution is -2.31. The van der Waals surface area contributed by atoms with Gasteiger partial charge in [0.25, 0.3) is 0 Å². The van der Waals surface area contributed by atoms with Gasteiger partial charge in [0.1, 0.15) is 6.54 Å². The quantitative estimate of drug-likeness (QED) is 0.756. The van der Waals surface area contributed by atoms with Gasteiger partial charge in [0.15, 0.2) is 0 Å². The van der Waals surface area contributed by atoms with Crippen LogP contribution in [-0.4, -0.2) is 22.1 Å². The molecule has 4 nitrogen and oxygen atoms in total. The van der Waals surface area contributed by atoms with E-state index in [2.05, 4.69) is 5.32 Å². The Morgan fingerprint density at radius 1 is 1.17 bits per heavy atom. The Bertz CT molecular complexity index is 814. The van der Waals surface area contributed by atoms with Crippen LogP contribution in [0.5, 0.6) is 0 Å². The van der Waals surface area contributed by atoms with Crippen molar-refractivity contribution in [3.05, 3.63) is 71.4 Å². The summed E-state index contributed by atoms with van der Waals surface area (Å²) in [6.45, 7) is 0.389. The maximum absolute atomic E-state index is 12.1. The van der Waals surface area contributed by atoms with Crippen molar-refractivity contribution in [2.75, 3.05) is 6.54 Å². The van der Waals surface area contributed by atoms with Gasteiger partial charge in [-0.15, -0.1) is 0 Å². The molecular formula is C18H17ClN2O2. The molecule has 0 saturated carbocycles. The third kappa shape index (κ3) is 3.73. The van der Waals surface area contributed by atoms with E-state index in [0.717, 1.165) is 16.5 Å². The lowest BCUT2D eigenvalue weighted by Gasteiger charge is -2.13. The van der Waals surface area contributed by atoms with Gasteiger partial charge in [-0.05, 0) is 29.8 Å². The summed E-state index contributed by atoms with van der Waals surface area (Å²) in [6, 6.07) is 16.8. The van der Waals surface area contributed by atoms with Gasteiger partial charge in [-0.2, -0.15) is 0 Å². The maximum atomic E-state index is 12.1. The molecule has 0 bridgehead atoms. The first-order chi connectivity index (χ1) is 11.1. The molecule has 0 spiro atoms. The van der Waals surface area contributed by atoms with E-state index in [1.807, 2.05) is 59.3 Å². The molecule has 0 saturated heterocycles. The Balaban J connectivity index is 1.60. The van der Waals surface area contributed by atoms with Crippen LogP contribution in [-0.2, 0) is 11.3 Å². The van der Waals surface area contributed by atoms with Crippen molar-refractivity contribution in [2.24, 2.45) is 0 Å². The first-order valence-electron chi connectivity index (χ1n) is 7.37. The maximum Gasteiger partial charge on any atom is 0.240 e. The summed E-state index contributed by atoms with van der Waals surface area (Å²) >= 11 is 5.96. The lowest BCUT2D eigenvalue weighted by atomic mass is 10.1. The van der Waals surface area contributed by atoms with Crippen LogP contribution >= 0.6 is 11.6 Å². The standard InChI is InChI=1S/C18H17ClN2O2/c19-15-6-7-16-14(10-15)8-9-21(16)12-18(23)20-11-17(22)13-4-2-1-3-5-13/h1-10,17,22H,11-12H2,(H,20,23)/t17-/m1/s1. The number of nitrogens with one attached hydrogen (secondary N) is 1. The van der Waals surface area contributed by atoms with E-state index >= 15 is 0 Å². The van der Waals surface area contributed by atoms with Gasteiger partial charge in [-0.3, -0.25) is 4.79 Å². The number of aromatic nitrogens is 1. The first-order valence-corrected chi connectivity index (χ1v) is 7.75. The summed E-state index contributed by atoms with van der Waals surface area (Å²) in [5.41, 5.74) is 1.74. The Kier molecular flexibility index (Phi) is 4.65. The SMILES string of the molecule is O=C(Cn1ccc2cc(Cl)ccc21)NC[C@@H](O)c1ccccc1. The number of aliphatic hydroxyl groups excluding tert-OH is 1. The van der Waals surface area contributed by atoms with Crippen LogP contribution in [0.15, 0.2) is 60.8 Å². The molecule has 0 aliphatic rings. The van der Waals surface area contributed by atoms with Gasteiger partial charge in [0.2, 0.25) is 5.91 Å². The highest BCUT2D eigenvalue weighted by atomic mass is 35.5. The van der Waals surface area contributed by atoms with Crippen molar-refractivity contribution in [3.8, 4) is 0 Å². The summed E-state index contributed by atoms with van der Waals surface area (Å²) in [5.74, 6) is -0.146. The molecule has 1 aromatic heterocycles. The molecule has 3 aromatic rings. The summed E-state index contributed by atoms with van der Waals surface area (Å²) < 4.78 is 1.86. The number of aliphatic hydroxyl groups is 1. The van der Waals surface area contributed by atoms with Crippen LogP contribution in [0.4, 0.5) is 0 Å². The highest BCUT2D eigenvalue weighted by molar-refractivity contribution is 6.31. The second kappa shape index (κ2) is 6.86. The second-order valence-electron chi connectivity index (χ2n) is 5.38. The fourth-order valence-corrected chi connectivity index (χ4v) is 2.70. The van der Waals surface area contributed by atoms with Crippen LogP contribution in [0.25, 0.3) is 10.9 Å². The molecule has 0 unspecified atom stereocenters. The molecule has 0 aliphatic heterocycles. The average Bonchev–Trinajstić information content (AvgIpc) is 2.95. The minimum Gasteiger partial charge on any atom is -0.387 e. The molecule has 2 N–H and O–H groups in total. The highest BCUT2D eigenvalue weighted by Gasteiger charge is 2.10. The van der Waals surface area contributed by atoms with E-state index in [-0.39, 0.29) is 19.0 Å². The molecule has 23 heavy (non-hydrogen) atoms. The lowest BCUT2D eigenvalue weighted by molar-refractivity contribution is -0.122. The zero-order chi connectivity index (χ0) is 16.2. The molecule has 1 atom stereocenters. The number of hydrogen-bond donors (Lipinski definition) is 2. The molecule has 3 rings (SSSR count). The number of halogens is 1. The van der Waals surface area contributed by atoms with E-state index in [1.54, 1.807) is 6.07 Å². The number of benzene rings is 2. The Hall–Kier alpha value is -2.30. The monoisotopic (exact) mass is 328 g/mol. The van der Waals surface area contributed by atoms with Gasteiger partial charge in [0, 0.05) is 28.7 Å². The molecule has 0 aliphatic carbocycles. The normalized spacial score (nSPS) is 12.3. The predicted molar refractivity (Wildman–Crippen MR) is 91.4 cm³/mol. The second-order valence-corrected chi connectivity index (χ2v) is 5.81. The van der Waals surface area contributed by atoms with Gasteiger partial charge in [-0.1, -0.05) is 41.9 Å².